The molecule has 48 heavy (non-hydrogen) atoms. The number of nitrogens with one attached hydrogen (secondary N) is 3. The largest absolute Gasteiger partial charge is 0.371 e. The third kappa shape index (κ3) is 5.71. The summed E-state index contributed by atoms with van der Waals surface area (Å²) >= 11 is 0. The van der Waals surface area contributed by atoms with Gasteiger partial charge in [0.1, 0.15) is 17.5 Å². The Kier molecular flexibility index (Phi) is 7.82. The van der Waals surface area contributed by atoms with Crippen LogP contribution in [-0.2, 0) is 20.6 Å². The molecule has 0 aliphatic rings. The fraction of sp³-hybridized carbons (Fsp3) is 0.125. The Morgan fingerprint density at radius 1 is 0.708 bits per heavy atom. The summed E-state index contributed by atoms with van der Waals surface area (Å²) in [6.07, 6.45) is 13.7. The molecule has 14 nitrogen and oxygen atoms in total. The first-order valence-corrected chi connectivity index (χ1v) is 14.7. The normalized spacial score (nSPS) is 11.2. The van der Waals surface area contributed by atoms with Gasteiger partial charge in [-0.05, 0) is 24.3 Å². The molecule has 16 heteroatoms. The van der Waals surface area contributed by atoms with Crippen molar-refractivity contribution in [3.8, 4) is 45.0 Å². The molecule has 8 rings (SSSR count). The molecular formula is C32H28F2N14. The van der Waals surface area contributed by atoms with E-state index in [4.69, 9.17) is 5.73 Å². The standard InChI is InChI=1S/2C16H14FN7/c1-18-15-12(17)5-9(6-20-15)11-3-4-19-16-13(11)22-14(23-16)10-7-21-24(2)8-10;1-24-8-10(7-21-24)15-22-14-11(2-3-19-16(14)23-15)9-4-12(17)13(5-18)20-6-9/h3-8H,1-2H3,(H,18,20)(H,19,22,23);2-4,6-8H,5,18H2,1H3,(H,19,22,23). The predicted octanol–water partition coefficient (Wildman–Crippen LogP) is 4.62. The Hall–Kier alpha value is -6.42. The molecule has 0 saturated carbocycles. The Labute approximate surface area is 271 Å². The fourth-order valence-electron chi connectivity index (χ4n) is 5.20. The number of imidazole rings is 2. The lowest BCUT2D eigenvalue weighted by atomic mass is 10.1. The third-order valence-electron chi connectivity index (χ3n) is 7.55. The van der Waals surface area contributed by atoms with Gasteiger partial charge in [0.25, 0.3) is 0 Å². The number of pyridine rings is 4. The van der Waals surface area contributed by atoms with Gasteiger partial charge in [0, 0.05) is 87.1 Å². The molecule has 0 aliphatic carbocycles. The minimum atomic E-state index is -0.424. The summed E-state index contributed by atoms with van der Waals surface area (Å²) in [5, 5.41) is 11.0. The zero-order valence-electron chi connectivity index (χ0n) is 25.9. The highest BCUT2D eigenvalue weighted by atomic mass is 19.1. The first-order chi connectivity index (χ1) is 23.3. The number of fused-ring (bicyclic) bond motifs is 2. The van der Waals surface area contributed by atoms with E-state index in [1.165, 1.54) is 12.1 Å². The first-order valence-electron chi connectivity index (χ1n) is 14.7. The van der Waals surface area contributed by atoms with Gasteiger partial charge in [0.2, 0.25) is 0 Å². The number of nitrogens with zero attached hydrogens (tertiary/aromatic N) is 10. The molecule has 240 valence electrons. The van der Waals surface area contributed by atoms with Gasteiger partial charge in [0.05, 0.1) is 40.2 Å². The van der Waals surface area contributed by atoms with Crippen LogP contribution in [0.1, 0.15) is 5.69 Å². The minimum absolute atomic E-state index is 0.0626. The Morgan fingerprint density at radius 3 is 1.67 bits per heavy atom. The highest BCUT2D eigenvalue weighted by Crippen LogP contribution is 2.30. The molecule has 0 radical (unpaired) electrons. The molecule has 0 aromatic carbocycles. The van der Waals surface area contributed by atoms with E-state index >= 15 is 0 Å². The monoisotopic (exact) mass is 646 g/mol. The number of aromatic amines is 2. The van der Waals surface area contributed by atoms with E-state index in [-0.39, 0.29) is 18.1 Å². The molecule has 0 bridgehead atoms. The van der Waals surface area contributed by atoms with Crippen molar-refractivity contribution >= 4 is 28.1 Å². The second kappa shape index (κ2) is 12.4. The van der Waals surface area contributed by atoms with E-state index in [2.05, 4.69) is 55.4 Å². The number of H-pyrrole nitrogens is 2. The highest BCUT2D eigenvalue weighted by molar-refractivity contribution is 5.92. The fourth-order valence-corrected chi connectivity index (χ4v) is 5.20. The quantitative estimate of drug-likeness (QED) is 0.199. The van der Waals surface area contributed by atoms with Crippen molar-refractivity contribution in [1.82, 2.24) is 59.4 Å². The van der Waals surface area contributed by atoms with Crippen LogP contribution in [-0.4, -0.2) is 66.5 Å². The molecule has 8 aromatic rings. The lowest BCUT2D eigenvalue weighted by molar-refractivity contribution is 0.600. The van der Waals surface area contributed by atoms with Gasteiger partial charge in [0.15, 0.2) is 22.9 Å². The maximum Gasteiger partial charge on any atom is 0.178 e. The maximum absolute atomic E-state index is 14.0. The van der Waals surface area contributed by atoms with E-state index in [0.717, 1.165) is 33.3 Å². The Bertz CT molecular complexity index is 2240. The third-order valence-corrected chi connectivity index (χ3v) is 7.55. The average molecular weight is 647 g/mol. The van der Waals surface area contributed by atoms with Crippen LogP contribution in [0.25, 0.3) is 67.4 Å². The molecule has 0 spiro atoms. The Balaban J connectivity index is 0.000000152. The van der Waals surface area contributed by atoms with Gasteiger partial charge in [-0.25, -0.2) is 33.7 Å². The Morgan fingerprint density at radius 2 is 1.23 bits per heavy atom. The summed E-state index contributed by atoms with van der Waals surface area (Å²) in [5.74, 6) is 0.701. The van der Waals surface area contributed by atoms with Crippen molar-refractivity contribution in [2.75, 3.05) is 12.4 Å². The van der Waals surface area contributed by atoms with E-state index in [9.17, 15) is 8.78 Å². The summed E-state index contributed by atoms with van der Waals surface area (Å²) in [6, 6.07) is 6.47. The van der Waals surface area contributed by atoms with Gasteiger partial charge in [-0.1, -0.05) is 0 Å². The second-order valence-electron chi connectivity index (χ2n) is 10.8. The van der Waals surface area contributed by atoms with Crippen molar-refractivity contribution in [1.29, 1.82) is 0 Å². The summed E-state index contributed by atoms with van der Waals surface area (Å²) in [7, 11) is 5.31. The molecule has 8 heterocycles. The van der Waals surface area contributed by atoms with Crippen molar-refractivity contribution in [3.63, 3.8) is 0 Å². The lowest BCUT2D eigenvalue weighted by Crippen LogP contribution is -2.03. The number of anilines is 1. The van der Waals surface area contributed by atoms with Crippen molar-refractivity contribution in [2.24, 2.45) is 19.8 Å². The maximum atomic E-state index is 14.0. The SMILES string of the molecule is CNc1ncc(-c2ccnc3nc(-c4cnn(C)c4)[nH]c23)cc1F.Cn1cc(-c2nc3nccc(-c4cnc(CN)c(F)c4)c3[nH]2)cn1. The van der Waals surface area contributed by atoms with Crippen LogP contribution in [0.4, 0.5) is 14.6 Å². The van der Waals surface area contributed by atoms with Gasteiger partial charge in [-0.15, -0.1) is 0 Å². The summed E-state index contributed by atoms with van der Waals surface area (Å²) in [6.45, 7) is 0.0626. The van der Waals surface area contributed by atoms with Crippen LogP contribution in [0.5, 0.6) is 0 Å². The van der Waals surface area contributed by atoms with Gasteiger partial charge < -0.3 is 21.0 Å². The number of nitrogens with two attached hydrogens (primary N) is 1. The minimum Gasteiger partial charge on any atom is -0.371 e. The van der Waals surface area contributed by atoms with Crippen LogP contribution in [0, 0.1) is 11.6 Å². The number of hydrogen-bond acceptors (Lipinski definition) is 10. The molecule has 0 aliphatic heterocycles. The topological polar surface area (TPSA) is 183 Å². The molecule has 8 aromatic heterocycles. The lowest BCUT2D eigenvalue weighted by Gasteiger charge is -2.05. The molecular weight excluding hydrogens is 618 g/mol. The molecule has 0 fully saturated rings. The van der Waals surface area contributed by atoms with Gasteiger partial charge in [-0.2, -0.15) is 10.2 Å². The van der Waals surface area contributed by atoms with Crippen LogP contribution >= 0.6 is 0 Å². The van der Waals surface area contributed by atoms with Crippen molar-refractivity contribution in [3.05, 3.63) is 91.2 Å². The van der Waals surface area contributed by atoms with Gasteiger partial charge >= 0.3 is 0 Å². The summed E-state index contributed by atoms with van der Waals surface area (Å²) < 4.78 is 31.4. The second-order valence-corrected chi connectivity index (χ2v) is 10.8. The first kappa shape index (κ1) is 30.2. The highest BCUT2D eigenvalue weighted by Gasteiger charge is 2.15. The van der Waals surface area contributed by atoms with E-state index in [0.29, 0.717) is 34.1 Å². The zero-order chi connectivity index (χ0) is 33.4. The van der Waals surface area contributed by atoms with Crippen LogP contribution < -0.4 is 11.1 Å². The number of aromatic nitrogens is 12. The van der Waals surface area contributed by atoms with Crippen molar-refractivity contribution in [2.45, 2.75) is 6.54 Å². The number of rotatable bonds is 6. The predicted molar refractivity (Wildman–Crippen MR) is 176 cm³/mol. The molecule has 0 amide bonds. The smallest absolute Gasteiger partial charge is 0.178 e. The zero-order valence-corrected chi connectivity index (χ0v) is 25.9. The molecule has 0 saturated heterocycles. The molecule has 5 N–H and O–H groups in total. The van der Waals surface area contributed by atoms with Crippen molar-refractivity contribution < 1.29 is 8.78 Å². The molecule has 0 unspecified atom stereocenters. The van der Waals surface area contributed by atoms with Crippen LogP contribution in [0.2, 0.25) is 0 Å². The summed E-state index contributed by atoms with van der Waals surface area (Å²) in [4.78, 5) is 32.2. The number of hydrogen-bond donors (Lipinski definition) is 4. The van der Waals surface area contributed by atoms with Gasteiger partial charge in [-0.3, -0.25) is 14.3 Å². The average Bonchev–Trinajstić information content (AvgIpc) is 3.90. The van der Waals surface area contributed by atoms with E-state index in [1.54, 1.807) is 59.7 Å². The van der Waals surface area contributed by atoms with E-state index in [1.807, 2.05) is 32.6 Å². The van der Waals surface area contributed by atoms with Crippen LogP contribution in [0.15, 0.2) is 73.8 Å². The summed E-state index contributed by atoms with van der Waals surface area (Å²) in [5.41, 5.74) is 12.8. The number of halogens is 2. The van der Waals surface area contributed by atoms with E-state index < -0.39 is 11.6 Å². The van der Waals surface area contributed by atoms with Crippen LogP contribution in [0.3, 0.4) is 0 Å². The molecule has 0 atom stereocenters. The number of aryl methyl sites for hydroxylation is 2.